The van der Waals surface area contributed by atoms with Gasteiger partial charge >= 0.3 is 0 Å². The molecule has 2 N–H and O–H groups in total. The van der Waals surface area contributed by atoms with E-state index in [1.165, 1.54) is 12.1 Å². The zero-order chi connectivity index (χ0) is 19.6. The highest BCUT2D eigenvalue weighted by Gasteiger charge is 2.16. The first-order valence-corrected chi connectivity index (χ1v) is 9.07. The molecule has 0 bridgehead atoms. The maximum Gasteiger partial charge on any atom is 0.267 e. The number of amides is 2. The molecule has 0 aliphatic heterocycles. The highest BCUT2D eigenvalue weighted by atomic mass is 35.5. The van der Waals surface area contributed by atoms with Crippen molar-refractivity contribution >= 4 is 41.1 Å². The summed E-state index contributed by atoms with van der Waals surface area (Å²) < 4.78 is 4.96. The number of hydrogen-bond donors (Lipinski definition) is 2. The first kappa shape index (κ1) is 21.0. The molecule has 27 heavy (non-hydrogen) atoms. The summed E-state index contributed by atoms with van der Waals surface area (Å²) in [6, 6.07) is 13.8. The Morgan fingerprint density at radius 1 is 1.11 bits per heavy atom. The third-order valence-corrected chi connectivity index (χ3v) is 4.14. The van der Waals surface area contributed by atoms with Crippen molar-refractivity contribution < 1.29 is 14.3 Å². The first-order valence-electron chi connectivity index (χ1n) is 8.31. The Kier molecular flexibility index (Phi) is 8.33. The number of benzene rings is 2. The normalized spacial score (nSPS) is 11.1. The van der Waals surface area contributed by atoms with Crippen LogP contribution in [0.1, 0.15) is 22.3 Å². The van der Waals surface area contributed by atoms with E-state index in [9.17, 15) is 9.59 Å². The average Bonchev–Trinajstić information content (AvgIpc) is 2.65. The quantitative estimate of drug-likeness (QED) is 0.515. The van der Waals surface area contributed by atoms with E-state index in [1.807, 2.05) is 30.3 Å². The van der Waals surface area contributed by atoms with Crippen molar-refractivity contribution in [1.29, 1.82) is 0 Å². The van der Waals surface area contributed by atoms with Crippen molar-refractivity contribution in [2.24, 2.45) is 0 Å². The summed E-state index contributed by atoms with van der Waals surface area (Å²) in [4.78, 5) is 25.1. The van der Waals surface area contributed by atoms with Crippen LogP contribution in [-0.2, 0) is 9.53 Å². The maximum absolute atomic E-state index is 12.6. The number of carbonyl (C=O) groups excluding carboxylic acids is 2. The zero-order valence-electron chi connectivity index (χ0n) is 14.8. The summed E-state index contributed by atoms with van der Waals surface area (Å²) in [5.41, 5.74) is 1.13. The first-order chi connectivity index (χ1) is 13.0. The largest absolute Gasteiger partial charge is 0.385 e. The Hall–Kier alpha value is -2.34. The van der Waals surface area contributed by atoms with Gasteiger partial charge in [0.1, 0.15) is 5.70 Å². The number of carbonyl (C=O) groups is 2. The van der Waals surface area contributed by atoms with E-state index in [1.54, 1.807) is 19.3 Å². The van der Waals surface area contributed by atoms with Crippen LogP contribution in [0.15, 0.2) is 54.2 Å². The third kappa shape index (κ3) is 6.71. The van der Waals surface area contributed by atoms with Crippen molar-refractivity contribution in [3.8, 4) is 0 Å². The Morgan fingerprint density at radius 2 is 1.85 bits per heavy atom. The molecule has 0 aromatic heterocycles. The molecule has 0 spiro atoms. The maximum atomic E-state index is 12.6. The van der Waals surface area contributed by atoms with Crippen molar-refractivity contribution in [3.63, 3.8) is 0 Å². The highest BCUT2D eigenvalue weighted by Crippen LogP contribution is 2.21. The predicted molar refractivity (Wildman–Crippen MR) is 108 cm³/mol. The van der Waals surface area contributed by atoms with E-state index in [4.69, 9.17) is 27.9 Å². The minimum Gasteiger partial charge on any atom is -0.385 e. The lowest BCUT2D eigenvalue weighted by Gasteiger charge is -2.12. The van der Waals surface area contributed by atoms with Gasteiger partial charge in [-0.1, -0.05) is 53.5 Å². The third-order valence-electron chi connectivity index (χ3n) is 3.59. The molecule has 0 saturated carbocycles. The van der Waals surface area contributed by atoms with Crippen LogP contribution < -0.4 is 10.6 Å². The highest BCUT2D eigenvalue weighted by molar-refractivity contribution is 6.36. The molecule has 0 unspecified atom stereocenters. The minimum absolute atomic E-state index is 0.120. The van der Waals surface area contributed by atoms with Gasteiger partial charge in [0.25, 0.3) is 11.8 Å². The van der Waals surface area contributed by atoms with Crippen molar-refractivity contribution in [2.45, 2.75) is 6.42 Å². The van der Waals surface area contributed by atoms with E-state index >= 15 is 0 Å². The summed E-state index contributed by atoms with van der Waals surface area (Å²) in [6.45, 7) is 0.959. The van der Waals surface area contributed by atoms with Crippen LogP contribution in [-0.4, -0.2) is 32.1 Å². The second-order valence-corrected chi connectivity index (χ2v) is 6.49. The second-order valence-electron chi connectivity index (χ2n) is 5.65. The van der Waals surface area contributed by atoms with Crippen molar-refractivity contribution in [1.82, 2.24) is 10.6 Å². The number of nitrogens with one attached hydrogen (secondary N) is 2. The van der Waals surface area contributed by atoms with Crippen LogP contribution in [0, 0.1) is 0 Å². The molecule has 0 fully saturated rings. The summed E-state index contributed by atoms with van der Waals surface area (Å²) in [5.74, 6) is -0.890. The van der Waals surface area contributed by atoms with E-state index in [-0.39, 0.29) is 16.3 Å². The lowest BCUT2D eigenvalue weighted by atomic mass is 10.1. The van der Waals surface area contributed by atoms with E-state index in [0.29, 0.717) is 24.6 Å². The standard InChI is InChI=1S/C20H20Cl2N2O3/c1-27-11-5-10-23-20(26)18(12-14-6-3-2-4-7-14)24-19(25)16-9-8-15(21)13-17(16)22/h2-4,6-9,12-13H,5,10-11H2,1H3,(H,23,26)(H,24,25). The van der Waals surface area contributed by atoms with Crippen molar-refractivity contribution in [2.75, 3.05) is 20.3 Å². The molecule has 0 saturated heterocycles. The Balaban J connectivity index is 2.20. The Morgan fingerprint density at radius 3 is 2.52 bits per heavy atom. The van der Waals surface area contributed by atoms with Gasteiger partial charge in [-0.15, -0.1) is 0 Å². The van der Waals surface area contributed by atoms with E-state index < -0.39 is 11.8 Å². The monoisotopic (exact) mass is 406 g/mol. The Labute approximate surface area is 168 Å². The number of methoxy groups -OCH3 is 1. The summed E-state index contributed by atoms with van der Waals surface area (Å²) in [6.07, 6.45) is 2.27. The molecule has 0 heterocycles. The van der Waals surface area contributed by atoms with Gasteiger partial charge in [-0.2, -0.15) is 0 Å². The molecule has 5 nitrogen and oxygen atoms in total. The van der Waals surface area contributed by atoms with Crippen LogP contribution >= 0.6 is 23.2 Å². The molecule has 0 atom stereocenters. The van der Waals surface area contributed by atoms with Crippen LogP contribution in [0.25, 0.3) is 6.08 Å². The van der Waals surface area contributed by atoms with E-state index in [0.717, 1.165) is 5.56 Å². The summed E-state index contributed by atoms with van der Waals surface area (Å²) in [7, 11) is 1.60. The lowest BCUT2D eigenvalue weighted by Crippen LogP contribution is -2.35. The van der Waals surface area contributed by atoms with Gasteiger partial charge in [-0.05, 0) is 36.3 Å². The molecule has 0 aliphatic rings. The van der Waals surface area contributed by atoms with Gasteiger partial charge in [0.05, 0.1) is 10.6 Å². The SMILES string of the molecule is COCCCNC(=O)C(=Cc1ccccc1)NC(=O)c1ccc(Cl)cc1Cl. The van der Waals surface area contributed by atoms with Gasteiger partial charge in [0.15, 0.2) is 0 Å². The summed E-state index contributed by atoms with van der Waals surface area (Å²) >= 11 is 12.0. The fourth-order valence-electron chi connectivity index (χ4n) is 2.25. The van der Waals surface area contributed by atoms with Gasteiger partial charge in [-0.3, -0.25) is 9.59 Å². The smallest absolute Gasteiger partial charge is 0.267 e. The van der Waals surface area contributed by atoms with E-state index in [2.05, 4.69) is 10.6 Å². The molecular weight excluding hydrogens is 387 g/mol. The fourth-order valence-corrected chi connectivity index (χ4v) is 2.75. The molecule has 2 amide bonds. The number of hydrogen-bond acceptors (Lipinski definition) is 3. The second kappa shape index (κ2) is 10.7. The number of ether oxygens (including phenoxy) is 1. The molecule has 0 aliphatic carbocycles. The molecule has 2 rings (SSSR count). The number of rotatable bonds is 8. The van der Waals surface area contributed by atoms with Gasteiger partial charge < -0.3 is 15.4 Å². The molecule has 7 heteroatoms. The number of halogens is 2. The molecular formula is C20H20Cl2N2O3. The average molecular weight is 407 g/mol. The van der Waals surface area contributed by atoms with Crippen molar-refractivity contribution in [3.05, 3.63) is 75.4 Å². The van der Waals surface area contributed by atoms with Gasteiger partial charge in [-0.25, -0.2) is 0 Å². The molecule has 2 aromatic carbocycles. The molecule has 0 radical (unpaired) electrons. The van der Waals surface area contributed by atoms with Crippen LogP contribution in [0.3, 0.4) is 0 Å². The molecule has 2 aromatic rings. The molecule has 142 valence electrons. The minimum atomic E-state index is -0.495. The summed E-state index contributed by atoms with van der Waals surface area (Å²) in [5, 5.41) is 6.03. The van der Waals surface area contributed by atoms with Gasteiger partial charge in [0, 0.05) is 25.3 Å². The van der Waals surface area contributed by atoms with Crippen LogP contribution in [0.2, 0.25) is 10.0 Å². The predicted octanol–water partition coefficient (Wildman–Crippen LogP) is 3.92. The van der Waals surface area contributed by atoms with Gasteiger partial charge in [0.2, 0.25) is 0 Å². The van der Waals surface area contributed by atoms with Crippen LogP contribution in [0.5, 0.6) is 0 Å². The zero-order valence-corrected chi connectivity index (χ0v) is 16.3. The lowest BCUT2D eigenvalue weighted by molar-refractivity contribution is -0.117. The topological polar surface area (TPSA) is 67.4 Å². The van der Waals surface area contributed by atoms with Crippen LogP contribution in [0.4, 0.5) is 0 Å². The fraction of sp³-hybridized carbons (Fsp3) is 0.200. The Bertz CT molecular complexity index is 823.